The molecule has 88 valence electrons. The van der Waals surface area contributed by atoms with Gasteiger partial charge in [0.1, 0.15) is 0 Å². The van der Waals surface area contributed by atoms with Gasteiger partial charge in [0.2, 0.25) is 0 Å². The Morgan fingerprint density at radius 2 is 2.00 bits per heavy atom. The summed E-state index contributed by atoms with van der Waals surface area (Å²) in [5, 5.41) is 22.5. The third kappa shape index (κ3) is 1.30. The van der Waals surface area contributed by atoms with E-state index in [0.29, 0.717) is 12.5 Å². The van der Waals surface area contributed by atoms with Crippen molar-refractivity contribution in [2.24, 2.45) is 16.7 Å². The van der Waals surface area contributed by atoms with E-state index >= 15 is 0 Å². The van der Waals surface area contributed by atoms with Gasteiger partial charge in [0.05, 0.1) is 12.7 Å². The number of aliphatic hydroxyl groups is 2. The molecule has 0 spiro atoms. The van der Waals surface area contributed by atoms with E-state index in [-0.39, 0.29) is 29.6 Å². The average Bonchev–Trinajstić information content (AvgIpc) is 2.48. The van der Waals surface area contributed by atoms with Gasteiger partial charge in [0.25, 0.3) is 0 Å². The van der Waals surface area contributed by atoms with Gasteiger partial charge in [0, 0.05) is 18.0 Å². The summed E-state index contributed by atoms with van der Waals surface area (Å²) < 4.78 is 0. The Morgan fingerprint density at radius 1 is 1.33 bits per heavy atom. The molecule has 0 aliphatic heterocycles. The number of aliphatic hydroxyl groups excluding tert-OH is 2. The molecule has 4 unspecified atom stereocenters. The lowest BCUT2D eigenvalue weighted by molar-refractivity contribution is -0.000375. The molecule has 3 heteroatoms. The first kappa shape index (κ1) is 11.4. The Labute approximate surface area is 91.9 Å². The first-order chi connectivity index (χ1) is 6.95. The van der Waals surface area contributed by atoms with E-state index in [2.05, 4.69) is 26.1 Å². The highest BCUT2D eigenvalue weighted by Crippen LogP contribution is 2.65. The normalized spacial score (nSPS) is 47.4. The number of fused-ring (bicyclic) bond motifs is 2. The van der Waals surface area contributed by atoms with E-state index < -0.39 is 0 Å². The minimum absolute atomic E-state index is 0.0464. The zero-order valence-corrected chi connectivity index (χ0v) is 9.95. The molecule has 0 aromatic carbocycles. The summed E-state index contributed by atoms with van der Waals surface area (Å²) >= 11 is 0. The fourth-order valence-electron chi connectivity index (χ4n) is 3.82. The van der Waals surface area contributed by atoms with Gasteiger partial charge in [-0.2, -0.15) is 0 Å². The van der Waals surface area contributed by atoms with Crippen LogP contribution in [0.3, 0.4) is 0 Å². The van der Waals surface area contributed by atoms with Crippen molar-refractivity contribution in [2.45, 2.75) is 45.8 Å². The van der Waals surface area contributed by atoms with Gasteiger partial charge in [-0.25, -0.2) is 0 Å². The summed E-state index contributed by atoms with van der Waals surface area (Å²) in [7, 11) is 0. The lowest BCUT2D eigenvalue weighted by Gasteiger charge is -2.37. The molecule has 0 heterocycles. The number of nitrogens with one attached hydrogen (secondary N) is 1. The van der Waals surface area contributed by atoms with Crippen LogP contribution in [0.5, 0.6) is 0 Å². The maximum absolute atomic E-state index is 10.4. The van der Waals surface area contributed by atoms with Gasteiger partial charge in [0.15, 0.2) is 0 Å². The molecular weight excluding hydrogens is 190 g/mol. The molecule has 2 saturated carbocycles. The van der Waals surface area contributed by atoms with E-state index in [4.69, 9.17) is 5.11 Å². The van der Waals surface area contributed by atoms with E-state index in [0.717, 1.165) is 6.42 Å². The van der Waals surface area contributed by atoms with Crippen LogP contribution < -0.4 is 5.32 Å². The van der Waals surface area contributed by atoms with Crippen LogP contribution in [0.1, 0.15) is 33.6 Å². The van der Waals surface area contributed by atoms with Crippen LogP contribution in [0.15, 0.2) is 0 Å². The maximum Gasteiger partial charge on any atom is 0.0754 e. The van der Waals surface area contributed by atoms with Crippen LogP contribution >= 0.6 is 0 Å². The van der Waals surface area contributed by atoms with Crippen molar-refractivity contribution < 1.29 is 10.2 Å². The molecular formula is C12H23NO2. The summed E-state index contributed by atoms with van der Waals surface area (Å²) in [5.41, 5.74) is 0.254. The Bertz CT molecular complexity index is 254. The Morgan fingerprint density at radius 3 is 2.47 bits per heavy atom. The van der Waals surface area contributed by atoms with Crippen molar-refractivity contribution in [3.05, 3.63) is 0 Å². The van der Waals surface area contributed by atoms with E-state index in [1.807, 2.05) is 0 Å². The lowest BCUT2D eigenvalue weighted by atomic mass is 9.70. The third-order valence-electron chi connectivity index (χ3n) is 5.29. The molecule has 0 radical (unpaired) electrons. The van der Waals surface area contributed by atoms with Gasteiger partial charge in [-0.3, -0.25) is 0 Å². The molecule has 2 rings (SSSR count). The molecule has 0 saturated heterocycles. The summed E-state index contributed by atoms with van der Waals surface area (Å²) in [6, 6.07) is 0.172. The quantitative estimate of drug-likeness (QED) is 0.648. The molecule has 15 heavy (non-hydrogen) atoms. The van der Waals surface area contributed by atoms with Crippen molar-refractivity contribution in [3.8, 4) is 0 Å². The minimum Gasteiger partial charge on any atom is -0.395 e. The van der Waals surface area contributed by atoms with Crippen LogP contribution in [-0.4, -0.2) is 35.5 Å². The van der Waals surface area contributed by atoms with Crippen LogP contribution in [0.4, 0.5) is 0 Å². The summed E-state index contributed by atoms with van der Waals surface area (Å²) in [5.74, 6) is 0.545. The molecule has 3 N–H and O–H groups in total. The highest BCUT2D eigenvalue weighted by Gasteiger charge is 2.65. The van der Waals surface area contributed by atoms with Crippen LogP contribution in [0, 0.1) is 16.7 Å². The molecule has 0 aromatic heterocycles. The predicted octanol–water partition coefficient (Wildman–Crippen LogP) is 0.754. The fraction of sp³-hybridized carbons (Fsp3) is 1.00. The fourth-order valence-corrected chi connectivity index (χ4v) is 3.82. The van der Waals surface area contributed by atoms with Gasteiger partial charge in [-0.05, 0) is 24.2 Å². The molecule has 0 amide bonds. The van der Waals surface area contributed by atoms with Crippen LogP contribution in [0.2, 0.25) is 0 Å². The molecule has 0 aromatic rings. The van der Waals surface area contributed by atoms with E-state index in [1.165, 1.54) is 6.42 Å². The van der Waals surface area contributed by atoms with E-state index in [1.54, 1.807) is 0 Å². The van der Waals surface area contributed by atoms with Crippen LogP contribution in [-0.2, 0) is 0 Å². The van der Waals surface area contributed by atoms with E-state index in [9.17, 15) is 5.11 Å². The van der Waals surface area contributed by atoms with Crippen molar-refractivity contribution >= 4 is 0 Å². The molecule has 2 bridgehead atoms. The monoisotopic (exact) mass is 213 g/mol. The Kier molecular flexibility index (Phi) is 2.61. The average molecular weight is 213 g/mol. The van der Waals surface area contributed by atoms with Crippen molar-refractivity contribution in [1.82, 2.24) is 5.32 Å². The lowest BCUT2D eigenvalue weighted by Crippen LogP contribution is -2.47. The minimum atomic E-state index is -0.266. The molecule has 2 aliphatic rings. The number of hydrogen-bond donors (Lipinski definition) is 3. The third-order valence-corrected chi connectivity index (χ3v) is 5.29. The second kappa shape index (κ2) is 3.44. The van der Waals surface area contributed by atoms with Crippen molar-refractivity contribution in [2.75, 3.05) is 13.2 Å². The molecule has 2 fully saturated rings. The summed E-state index contributed by atoms with van der Waals surface area (Å²) in [4.78, 5) is 0. The van der Waals surface area contributed by atoms with Crippen LogP contribution in [0.25, 0.3) is 0 Å². The smallest absolute Gasteiger partial charge is 0.0754 e. The number of rotatable bonds is 3. The summed E-state index contributed by atoms with van der Waals surface area (Å²) in [6.45, 7) is 7.48. The Balaban J connectivity index is 2.18. The largest absolute Gasteiger partial charge is 0.395 e. The second-order valence-corrected chi connectivity index (χ2v) is 5.93. The number of hydrogen-bond acceptors (Lipinski definition) is 3. The van der Waals surface area contributed by atoms with Gasteiger partial charge >= 0.3 is 0 Å². The van der Waals surface area contributed by atoms with Gasteiger partial charge in [-0.15, -0.1) is 0 Å². The standard InChI is InChI=1S/C12H23NO2/c1-11(2)8-4-5-12(11,3)10(15)9(8)13-6-7-14/h8-10,13-15H,4-7H2,1-3H3. The highest BCUT2D eigenvalue weighted by molar-refractivity contribution is 5.16. The topological polar surface area (TPSA) is 52.5 Å². The maximum atomic E-state index is 10.4. The first-order valence-corrected chi connectivity index (χ1v) is 5.97. The highest BCUT2D eigenvalue weighted by atomic mass is 16.3. The molecule has 3 nitrogen and oxygen atoms in total. The van der Waals surface area contributed by atoms with Gasteiger partial charge < -0.3 is 15.5 Å². The first-order valence-electron chi connectivity index (χ1n) is 5.97. The summed E-state index contributed by atoms with van der Waals surface area (Å²) in [6.07, 6.45) is 2.06. The zero-order chi connectivity index (χ0) is 11.3. The SMILES string of the molecule is CC1(C)C2CCC1(C)C(O)C2NCCO. The van der Waals surface area contributed by atoms with Crippen molar-refractivity contribution in [1.29, 1.82) is 0 Å². The Hall–Kier alpha value is -0.120. The second-order valence-electron chi connectivity index (χ2n) is 5.93. The van der Waals surface area contributed by atoms with Gasteiger partial charge in [-0.1, -0.05) is 20.8 Å². The molecule has 2 aliphatic carbocycles. The molecule has 4 atom stereocenters. The zero-order valence-electron chi connectivity index (χ0n) is 9.95. The predicted molar refractivity (Wildman–Crippen MR) is 59.5 cm³/mol. The van der Waals surface area contributed by atoms with Crippen molar-refractivity contribution in [3.63, 3.8) is 0 Å².